The van der Waals surface area contributed by atoms with Gasteiger partial charge in [-0.1, -0.05) is 12.1 Å². The Morgan fingerprint density at radius 2 is 2.06 bits per heavy atom. The van der Waals surface area contributed by atoms with Crippen molar-refractivity contribution in [1.29, 1.82) is 0 Å². The van der Waals surface area contributed by atoms with Crippen LogP contribution >= 0.6 is 0 Å². The molecule has 2 nitrogen and oxygen atoms in total. The van der Waals surface area contributed by atoms with Crippen molar-refractivity contribution in [2.45, 2.75) is 12.8 Å². The van der Waals surface area contributed by atoms with Crippen LogP contribution in [0.1, 0.15) is 18.4 Å². The van der Waals surface area contributed by atoms with Crippen LogP contribution in [0.25, 0.3) is 0 Å². The van der Waals surface area contributed by atoms with E-state index in [1.165, 1.54) is 18.6 Å². The highest BCUT2D eigenvalue weighted by Crippen LogP contribution is 2.20. The fourth-order valence-electron chi connectivity index (χ4n) is 1.90. The van der Waals surface area contributed by atoms with Gasteiger partial charge in [0.25, 0.3) is 6.43 Å². The first-order valence-corrected chi connectivity index (χ1v) is 5.58. The average molecular weight is 226 g/mol. The summed E-state index contributed by atoms with van der Waals surface area (Å²) in [5.41, 5.74) is 0.990. The number of benzene rings is 1. The summed E-state index contributed by atoms with van der Waals surface area (Å²) in [7, 11) is 0. The fourth-order valence-corrected chi connectivity index (χ4v) is 1.90. The van der Waals surface area contributed by atoms with E-state index in [0.29, 0.717) is 5.92 Å². The van der Waals surface area contributed by atoms with Crippen LogP contribution in [-0.2, 0) is 0 Å². The van der Waals surface area contributed by atoms with E-state index in [0.717, 1.165) is 25.3 Å². The standard InChI is InChI=1S/C12H16F2N2/c13-12(14)10-1-3-11(4-2-10)16-8-9-5-6-15-7-9/h1-4,9,12,15-16H,5-8H2. The van der Waals surface area contributed by atoms with Gasteiger partial charge in [-0.3, -0.25) is 0 Å². The zero-order valence-electron chi connectivity index (χ0n) is 9.05. The zero-order valence-corrected chi connectivity index (χ0v) is 9.05. The summed E-state index contributed by atoms with van der Waals surface area (Å²) in [5.74, 6) is 0.648. The van der Waals surface area contributed by atoms with Crippen molar-refractivity contribution in [1.82, 2.24) is 5.32 Å². The van der Waals surface area contributed by atoms with Crippen LogP contribution in [-0.4, -0.2) is 19.6 Å². The van der Waals surface area contributed by atoms with Gasteiger partial charge in [-0.2, -0.15) is 0 Å². The molecule has 88 valence electrons. The molecule has 0 spiro atoms. The Morgan fingerprint density at radius 1 is 1.31 bits per heavy atom. The van der Waals surface area contributed by atoms with Gasteiger partial charge in [0.2, 0.25) is 0 Å². The van der Waals surface area contributed by atoms with Crippen LogP contribution in [0.3, 0.4) is 0 Å². The zero-order chi connectivity index (χ0) is 11.4. The van der Waals surface area contributed by atoms with Gasteiger partial charge >= 0.3 is 0 Å². The van der Waals surface area contributed by atoms with E-state index in [1.807, 2.05) is 0 Å². The van der Waals surface area contributed by atoms with Gasteiger partial charge in [0, 0.05) is 17.8 Å². The third-order valence-corrected chi connectivity index (χ3v) is 2.92. The molecule has 0 aromatic heterocycles. The van der Waals surface area contributed by atoms with Crippen LogP contribution in [0.5, 0.6) is 0 Å². The summed E-state index contributed by atoms with van der Waals surface area (Å²) < 4.78 is 24.6. The number of alkyl halides is 2. The average Bonchev–Trinajstić information content (AvgIpc) is 2.80. The predicted molar refractivity (Wildman–Crippen MR) is 60.9 cm³/mol. The Balaban J connectivity index is 1.84. The fraction of sp³-hybridized carbons (Fsp3) is 0.500. The van der Waals surface area contributed by atoms with Crippen molar-refractivity contribution in [3.8, 4) is 0 Å². The van der Waals surface area contributed by atoms with Crippen LogP contribution in [0.4, 0.5) is 14.5 Å². The van der Waals surface area contributed by atoms with Gasteiger partial charge in [0.15, 0.2) is 0 Å². The van der Waals surface area contributed by atoms with Crippen molar-refractivity contribution in [3.05, 3.63) is 29.8 Å². The maximum absolute atomic E-state index is 12.3. The molecular formula is C12H16F2N2. The molecular weight excluding hydrogens is 210 g/mol. The summed E-state index contributed by atoms with van der Waals surface area (Å²) in [5, 5.41) is 6.56. The normalized spacial score (nSPS) is 20.3. The lowest BCUT2D eigenvalue weighted by atomic mass is 10.1. The molecule has 0 radical (unpaired) electrons. The molecule has 1 aromatic rings. The van der Waals surface area contributed by atoms with Crippen LogP contribution < -0.4 is 10.6 Å². The molecule has 0 saturated carbocycles. The molecule has 4 heteroatoms. The van der Waals surface area contributed by atoms with Crippen molar-refractivity contribution in [2.75, 3.05) is 25.0 Å². The topological polar surface area (TPSA) is 24.1 Å². The number of rotatable bonds is 4. The molecule has 1 aromatic carbocycles. The summed E-state index contributed by atoms with van der Waals surface area (Å²) in [6.07, 6.45) is -1.20. The monoisotopic (exact) mass is 226 g/mol. The van der Waals surface area contributed by atoms with Crippen molar-refractivity contribution >= 4 is 5.69 Å². The minimum atomic E-state index is -2.38. The molecule has 0 bridgehead atoms. The number of halogens is 2. The smallest absolute Gasteiger partial charge is 0.263 e. The van der Waals surface area contributed by atoms with E-state index in [-0.39, 0.29) is 5.56 Å². The van der Waals surface area contributed by atoms with Gasteiger partial charge in [0.1, 0.15) is 0 Å². The molecule has 1 atom stereocenters. The third-order valence-electron chi connectivity index (χ3n) is 2.92. The van der Waals surface area contributed by atoms with E-state index in [1.54, 1.807) is 12.1 Å². The number of nitrogens with one attached hydrogen (secondary N) is 2. The van der Waals surface area contributed by atoms with Gasteiger partial charge < -0.3 is 10.6 Å². The molecule has 16 heavy (non-hydrogen) atoms. The van der Waals surface area contributed by atoms with E-state index >= 15 is 0 Å². The first kappa shape index (κ1) is 11.3. The molecule has 1 aliphatic rings. The second-order valence-electron chi connectivity index (χ2n) is 4.16. The summed E-state index contributed by atoms with van der Waals surface area (Å²) in [6.45, 7) is 3.03. The Morgan fingerprint density at radius 3 is 2.62 bits per heavy atom. The lowest BCUT2D eigenvalue weighted by Gasteiger charge is -2.11. The minimum absolute atomic E-state index is 0.0769. The summed E-state index contributed by atoms with van der Waals surface area (Å²) in [6, 6.07) is 6.37. The van der Waals surface area contributed by atoms with E-state index in [2.05, 4.69) is 10.6 Å². The molecule has 0 amide bonds. The SMILES string of the molecule is FC(F)c1ccc(NCC2CCNC2)cc1. The first-order chi connectivity index (χ1) is 7.75. The maximum Gasteiger partial charge on any atom is 0.263 e. The lowest BCUT2D eigenvalue weighted by molar-refractivity contribution is 0.151. The Hall–Kier alpha value is -1.16. The largest absolute Gasteiger partial charge is 0.385 e. The first-order valence-electron chi connectivity index (χ1n) is 5.58. The van der Waals surface area contributed by atoms with Crippen molar-refractivity contribution in [2.24, 2.45) is 5.92 Å². The quantitative estimate of drug-likeness (QED) is 0.824. The third kappa shape index (κ3) is 2.92. The maximum atomic E-state index is 12.3. The highest BCUT2D eigenvalue weighted by molar-refractivity contribution is 5.44. The second kappa shape index (κ2) is 5.25. The Kier molecular flexibility index (Phi) is 3.72. The molecule has 1 heterocycles. The van der Waals surface area contributed by atoms with Gasteiger partial charge in [-0.25, -0.2) is 8.78 Å². The molecule has 1 fully saturated rings. The minimum Gasteiger partial charge on any atom is -0.385 e. The predicted octanol–water partition coefficient (Wildman–Crippen LogP) is 2.65. The van der Waals surface area contributed by atoms with Gasteiger partial charge in [-0.05, 0) is 37.6 Å². The van der Waals surface area contributed by atoms with Gasteiger partial charge in [-0.15, -0.1) is 0 Å². The van der Waals surface area contributed by atoms with Crippen LogP contribution in [0, 0.1) is 5.92 Å². The molecule has 1 unspecified atom stereocenters. The molecule has 2 N–H and O–H groups in total. The van der Waals surface area contributed by atoms with Gasteiger partial charge in [0.05, 0.1) is 0 Å². The molecule has 0 aliphatic carbocycles. The highest BCUT2D eigenvalue weighted by Gasteiger charge is 2.13. The molecule has 2 rings (SSSR count). The van der Waals surface area contributed by atoms with Crippen molar-refractivity contribution < 1.29 is 8.78 Å². The molecule has 1 aliphatic heterocycles. The summed E-state index contributed by atoms with van der Waals surface area (Å²) in [4.78, 5) is 0. The van der Waals surface area contributed by atoms with Crippen molar-refractivity contribution in [3.63, 3.8) is 0 Å². The molecule has 1 saturated heterocycles. The Bertz CT molecular complexity index is 318. The van der Waals surface area contributed by atoms with E-state index in [4.69, 9.17) is 0 Å². The Labute approximate surface area is 94.0 Å². The van der Waals surface area contributed by atoms with E-state index < -0.39 is 6.43 Å². The highest BCUT2D eigenvalue weighted by atomic mass is 19.3. The second-order valence-corrected chi connectivity index (χ2v) is 4.16. The van der Waals surface area contributed by atoms with E-state index in [9.17, 15) is 8.78 Å². The van der Waals surface area contributed by atoms with Crippen LogP contribution in [0.15, 0.2) is 24.3 Å². The lowest BCUT2D eigenvalue weighted by Crippen LogP contribution is -2.17. The van der Waals surface area contributed by atoms with Crippen LogP contribution in [0.2, 0.25) is 0 Å². The number of hydrogen-bond donors (Lipinski definition) is 2. The summed E-state index contributed by atoms with van der Waals surface area (Å²) >= 11 is 0. The number of hydrogen-bond acceptors (Lipinski definition) is 2. The number of anilines is 1.